The second-order valence-electron chi connectivity index (χ2n) is 4.65. The normalized spacial score (nSPS) is 19.7. The van der Waals surface area contributed by atoms with Crippen LogP contribution in [0.15, 0.2) is 5.38 Å². The molecule has 0 spiro atoms. The quantitative estimate of drug-likeness (QED) is 0.902. The van der Waals surface area contributed by atoms with E-state index in [0.29, 0.717) is 12.3 Å². The van der Waals surface area contributed by atoms with E-state index in [1.807, 2.05) is 13.8 Å². The highest BCUT2D eigenvalue weighted by molar-refractivity contribution is 7.09. The predicted molar refractivity (Wildman–Crippen MR) is 69.5 cm³/mol. The molecule has 0 saturated carbocycles. The number of amides is 1. The van der Waals surface area contributed by atoms with Crippen molar-refractivity contribution in [2.45, 2.75) is 25.8 Å². The highest BCUT2D eigenvalue weighted by Gasteiger charge is 2.34. The van der Waals surface area contributed by atoms with E-state index in [1.54, 1.807) is 5.38 Å². The van der Waals surface area contributed by atoms with Crippen LogP contribution in [0.1, 0.15) is 35.3 Å². The molecule has 1 fully saturated rings. The van der Waals surface area contributed by atoms with Crippen LogP contribution in [0.2, 0.25) is 0 Å². The lowest BCUT2D eigenvalue weighted by Crippen LogP contribution is -2.52. The molecule has 0 unspecified atom stereocenters. The van der Waals surface area contributed by atoms with Gasteiger partial charge in [0, 0.05) is 17.8 Å². The maximum Gasteiger partial charge on any atom is 0.328 e. The summed E-state index contributed by atoms with van der Waals surface area (Å²) in [7, 11) is 0. The Morgan fingerprint density at radius 2 is 2.32 bits per heavy atom. The van der Waals surface area contributed by atoms with Gasteiger partial charge in [0.05, 0.1) is 18.2 Å². The third-order valence-corrected chi connectivity index (χ3v) is 4.05. The average Bonchev–Trinajstić information content (AvgIpc) is 2.87. The predicted octanol–water partition coefficient (Wildman–Crippen LogP) is 1.19. The summed E-state index contributed by atoms with van der Waals surface area (Å²) in [5.74, 6) is -1.13. The van der Waals surface area contributed by atoms with E-state index in [-0.39, 0.29) is 25.0 Å². The van der Waals surface area contributed by atoms with Crippen LogP contribution in [-0.2, 0) is 9.53 Å². The molecule has 1 saturated heterocycles. The smallest absolute Gasteiger partial charge is 0.328 e. The zero-order valence-electron chi connectivity index (χ0n) is 10.8. The van der Waals surface area contributed by atoms with Crippen LogP contribution in [0.4, 0.5) is 0 Å². The number of hydrogen-bond acceptors (Lipinski definition) is 5. The summed E-state index contributed by atoms with van der Waals surface area (Å²) in [6, 6.07) is -0.926. The van der Waals surface area contributed by atoms with Crippen molar-refractivity contribution in [1.29, 1.82) is 0 Å². The number of carboxylic acids is 1. The zero-order chi connectivity index (χ0) is 14.0. The van der Waals surface area contributed by atoms with Crippen LogP contribution in [0, 0.1) is 0 Å². The summed E-state index contributed by atoms with van der Waals surface area (Å²) < 4.78 is 5.11. The van der Waals surface area contributed by atoms with E-state index in [0.717, 1.165) is 5.01 Å². The van der Waals surface area contributed by atoms with Gasteiger partial charge in [0.15, 0.2) is 6.04 Å². The molecule has 7 heteroatoms. The van der Waals surface area contributed by atoms with E-state index < -0.39 is 12.0 Å². The van der Waals surface area contributed by atoms with Crippen molar-refractivity contribution in [2.24, 2.45) is 0 Å². The van der Waals surface area contributed by atoms with Gasteiger partial charge in [-0.2, -0.15) is 0 Å². The van der Waals surface area contributed by atoms with E-state index in [2.05, 4.69) is 4.98 Å². The highest BCUT2D eigenvalue weighted by atomic mass is 32.1. The number of aliphatic carboxylic acids is 1. The minimum absolute atomic E-state index is 0.0300. The molecule has 1 aromatic rings. The maximum absolute atomic E-state index is 12.3. The molecule has 1 amide bonds. The topological polar surface area (TPSA) is 79.7 Å². The summed E-state index contributed by atoms with van der Waals surface area (Å²) in [4.78, 5) is 29.0. The minimum atomic E-state index is -1.05. The zero-order valence-corrected chi connectivity index (χ0v) is 11.6. The van der Waals surface area contributed by atoms with Crippen LogP contribution in [0.3, 0.4) is 0 Å². The molecule has 6 nitrogen and oxygen atoms in total. The van der Waals surface area contributed by atoms with Crippen molar-refractivity contribution >= 4 is 23.2 Å². The van der Waals surface area contributed by atoms with Gasteiger partial charge in [-0.1, -0.05) is 13.8 Å². The van der Waals surface area contributed by atoms with E-state index in [4.69, 9.17) is 9.84 Å². The molecule has 19 heavy (non-hydrogen) atoms. The fraction of sp³-hybridized carbons (Fsp3) is 0.583. The number of carboxylic acid groups (broad SMARTS) is 1. The Morgan fingerprint density at radius 3 is 2.89 bits per heavy atom. The Morgan fingerprint density at radius 1 is 1.58 bits per heavy atom. The third kappa shape index (κ3) is 2.93. The molecule has 0 aliphatic carbocycles. The van der Waals surface area contributed by atoms with Crippen molar-refractivity contribution in [2.75, 3.05) is 19.8 Å². The Balaban J connectivity index is 2.18. The molecule has 1 N–H and O–H groups in total. The van der Waals surface area contributed by atoms with Crippen molar-refractivity contribution in [3.05, 3.63) is 16.1 Å². The molecular weight excluding hydrogens is 268 g/mol. The SMILES string of the molecule is CC(C)c1nc(C(=O)N2CCOC[C@H]2C(=O)O)cs1. The maximum atomic E-state index is 12.3. The number of nitrogens with zero attached hydrogens (tertiary/aromatic N) is 2. The lowest BCUT2D eigenvalue weighted by Gasteiger charge is -2.32. The number of morpholine rings is 1. The first kappa shape index (κ1) is 14.0. The Labute approximate surface area is 115 Å². The fourth-order valence-electron chi connectivity index (χ4n) is 1.85. The molecule has 0 radical (unpaired) electrons. The summed E-state index contributed by atoms with van der Waals surface area (Å²) in [5, 5.41) is 11.7. The molecule has 2 rings (SSSR count). The second-order valence-corrected chi connectivity index (χ2v) is 5.54. The number of thiazole rings is 1. The highest BCUT2D eigenvalue weighted by Crippen LogP contribution is 2.21. The summed E-state index contributed by atoms with van der Waals surface area (Å²) in [6.45, 7) is 4.67. The van der Waals surface area contributed by atoms with Crippen molar-refractivity contribution in [3.63, 3.8) is 0 Å². The molecule has 0 aromatic carbocycles. The molecule has 1 atom stereocenters. The standard InChI is InChI=1S/C12H16N2O4S/c1-7(2)10-13-8(6-19-10)11(15)14-3-4-18-5-9(14)12(16)17/h6-7,9H,3-5H2,1-2H3,(H,16,17)/t9-/m0/s1. The number of rotatable bonds is 3. The van der Waals surface area contributed by atoms with Crippen LogP contribution < -0.4 is 0 Å². The first-order valence-electron chi connectivity index (χ1n) is 6.07. The van der Waals surface area contributed by atoms with Gasteiger partial charge in [-0.05, 0) is 0 Å². The lowest BCUT2D eigenvalue weighted by molar-refractivity contribution is -0.147. The molecule has 1 aliphatic heterocycles. The second kappa shape index (κ2) is 5.66. The Kier molecular flexibility index (Phi) is 4.16. The van der Waals surface area contributed by atoms with E-state index in [9.17, 15) is 9.59 Å². The minimum Gasteiger partial charge on any atom is -0.480 e. The summed E-state index contributed by atoms with van der Waals surface area (Å²) in [6.07, 6.45) is 0. The number of carbonyl (C=O) groups excluding carboxylic acids is 1. The van der Waals surface area contributed by atoms with Gasteiger partial charge >= 0.3 is 5.97 Å². The third-order valence-electron chi connectivity index (χ3n) is 2.91. The largest absolute Gasteiger partial charge is 0.480 e. The fourth-order valence-corrected chi connectivity index (χ4v) is 2.66. The van der Waals surface area contributed by atoms with Crippen molar-refractivity contribution in [3.8, 4) is 0 Å². The molecular formula is C12H16N2O4S. The number of ether oxygens (including phenoxy) is 1. The molecule has 104 valence electrons. The lowest BCUT2D eigenvalue weighted by atomic mass is 10.2. The van der Waals surface area contributed by atoms with Crippen molar-refractivity contribution in [1.82, 2.24) is 9.88 Å². The van der Waals surface area contributed by atoms with Gasteiger partial charge in [-0.3, -0.25) is 4.79 Å². The first-order chi connectivity index (χ1) is 9.00. The van der Waals surface area contributed by atoms with Gasteiger partial charge in [-0.25, -0.2) is 9.78 Å². The van der Waals surface area contributed by atoms with Gasteiger partial charge in [0.1, 0.15) is 5.69 Å². The first-order valence-corrected chi connectivity index (χ1v) is 6.95. The van der Waals surface area contributed by atoms with E-state index in [1.165, 1.54) is 16.2 Å². The monoisotopic (exact) mass is 284 g/mol. The van der Waals surface area contributed by atoms with Gasteiger partial charge in [0.25, 0.3) is 5.91 Å². The van der Waals surface area contributed by atoms with Crippen molar-refractivity contribution < 1.29 is 19.4 Å². The van der Waals surface area contributed by atoms with Crippen LogP contribution in [0.25, 0.3) is 0 Å². The summed E-state index contributed by atoms with van der Waals surface area (Å²) in [5.41, 5.74) is 0.321. The van der Waals surface area contributed by atoms with Crippen LogP contribution in [0.5, 0.6) is 0 Å². The average molecular weight is 284 g/mol. The van der Waals surface area contributed by atoms with Crippen LogP contribution in [-0.4, -0.2) is 52.7 Å². The summed E-state index contributed by atoms with van der Waals surface area (Å²) >= 11 is 1.42. The molecule has 1 aliphatic rings. The van der Waals surface area contributed by atoms with E-state index >= 15 is 0 Å². The van der Waals surface area contributed by atoms with Crippen LogP contribution >= 0.6 is 11.3 Å². The molecule has 2 heterocycles. The Bertz CT molecular complexity index is 486. The van der Waals surface area contributed by atoms with Gasteiger partial charge in [-0.15, -0.1) is 11.3 Å². The number of aromatic nitrogens is 1. The number of hydrogen-bond donors (Lipinski definition) is 1. The molecule has 0 bridgehead atoms. The Hall–Kier alpha value is -1.47. The van der Waals surface area contributed by atoms with Gasteiger partial charge in [0.2, 0.25) is 0 Å². The number of carbonyl (C=O) groups is 2. The van der Waals surface area contributed by atoms with Gasteiger partial charge < -0.3 is 14.7 Å². The molecule has 1 aromatic heterocycles.